The smallest absolute Gasteiger partial charge is 0.328 e. The molecule has 0 unspecified atom stereocenters. The first-order valence-corrected chi connectivity index (χ1v) is 11.8. The molecular formula is C26H31ClN2O4. The summed E-state index contributed by atoms with van der Waals surface area (Å²) < 4.78 is 0. The maximum Gasteiger partial charge on any atom is 0.328 e. The molecule has 2 aliphatic rings. The Hall–Kier alpha value is -2.83. The van der Waals surface area contributed by atoms with Crippen LogP contribution in [0.1, 0.15) is 36.0 Å². The number of aliphatic carboxylic acids is 2. The van der Waals surface area contributed by atoms with Gasteiger partial charge in [-0.25, -0.2) is 9.59 Å². The lowest BCUT2D eigenvalue weighted by Crippen LogP contribution is -2.45. The molecule has 2 aromatic carbocycles. The van der Waals surface area contributed by atoms with Gasteiger partial charge in [0.25, 0.3) is 0 Å². The van der Waals surface area contributed by atoms with Crippen molar-refractivity contribution < 1.29 is 19.8 Å². The number of anilines is 1. The van der Waals surface area contributed by atoms with Gasteiger partial charge in [-0.3, -0.25) is 4.90 Å². The van der Waals surface area contributed by atoms with Crippen molar-refractivity contribution in [3.05, 3.63) is 76.3 Å². The minimum atomic E-state index is -1.26. The highest BCUT2D eigenvalue weighted by atomic mass is 35.5. The molecule has 2 aromatic rings. The van der Waals surface area contributed by atoms with Crippen LogP contribution in [0.4, 0.5) is 5.69 Å². The van der Waals surface area contributed by atoms with Crippen LogP contribution in [-0.2, 0) is 29.0 Å². The molecule has 0 radical (unpaired) electrons. The van der Waals surface area contributed by atoms with Crippen LogP contribution >= 0.6 is 11.6 Å². The predicted molar refractivity (Wildman–Crippen MR) is 131 cm³/mol. The predicted octanol–water partition coefficient (Wildman–Crippen LogP) is 4.64. The first kappa shape index (κ1) is 24.8. The quantitative estimate of drug-likeness (QED) is 0.489. The van der Waals surface area contributed by atoms with E-state index in [1.54, 1.807) is 11.1 Å². The van der Waals surface area contributed by atoms with E-state index in [1.165, 1.54) is 43.4 Å². The van der Waals surface area contributed by atoms with E-state index in [0.717, 1.165) is 37.7 Å². The zero-order valence-electron chi connectivity index (χ0n) is 18.8. The summed E-state index contributed by atoms with van der Waals surface area (Å²) in [6, 6.07) is 15.4. The van der Waals surface area contributed by atoms with Gasteiger partial charge in [-0.15, -0.1) is 0 Å². The molecule has 4 rings (SSSR count). The zero-order valence-corrected chi connectivity index (χ0v) is 19.5. The molecule has 1 aliphatic carbocycles. The standard InChI is InChI=1S/C22H27ClN2.C4H4O4/c23-21-7-4-8-22(16-21)25-13-11-24(12-14-25)17-18-9-10-19-5-2-1-3-6-20(19)15-18;5-3(6)1-2-4(7)8/h4,7-10,15-16H,1-3,5-6,11-14,17H2;1-2H,(H,5,6)(H,7,8)/b;2-1+. The van der Waals surface area contributed by atoms with Gasteiger partial charge in [0.15, 0.2) is 0 Å². The summed E-state index contributed by atoms with van der Waals surface area (Å²) in [4.78, 5) is 24.1. The number of halogens is 1. The normalized spacial score (nSPS) is 16.5. The van der Waals surface area contributed by atoms with Crippen molar-refractivity contribution in [3.8, 4) is 0 Å². The average Bonchev–Trinajstić information content (AvgIpc) is 3.04. The molecule has 0 bridgehead atoms. The summed E-state index contributed by atoms with van der Waals surface area (Å²) in [7, 11) is 0. The summed E-state index contributed by atoms with van der Waals surface area (Å²) in [5.74, 6) is -2.51. The lowest BCUT2D eigenvalue weighted by molar-refractivity contribution is -0.134. The lowest BCUT2D eigenvalue weighted by atomic mass is 10.00. The lowest BCUT2D eigenvalue weighted by Gasteiger charge is -2.36. The fraction of sp³-hybridized carbons (Fsp3) is 0.385. The van der Waals surface area contributed by atoms with Crippen LogP contribution in [0.25, 0.3) is 0 Å². The van der Waals surface area contributed by atoms with Crippen molar-refractivity contribution in [2.45, 2.75) is 38.6 Å². The van der Waals surface area contributed by atoms with Crippen LogP contribution in [0.3, 0.4) is 0 Å². The van der Waals surface area contributed by atoms with E-state index in [9.17, 15) is 9.59 Å². The number of fused-ring (bicyclic) bond motifs is 1. The highest BCUT2D eigenvalue weighted by Crippen LogP contribution is 2.24. The third kappa shape index (κ3) is 8.22. The summed E-state index contributed by atoms with van der Waals surface area (Å²) in [5.41, 5.74) is 5.92. The Morgan fingerprint density at radius 1 is 0.848 bits per heavy atom. The van der Waals surface area contributed by atoms with E-state index >= 15 is 0 Å². The van der Waals surface area contributed by atoms with Gasteiger partial charge in [-0.1, -0.05) is 42.3 Å². The highest BCUT2D eigenvalue weighted by Gasteiger charge is 2.18. The van der Waals surface area contributed by atoms with Crippen molar-refractivity contribution in [2.24, 2.45) is 0 Å². The van der Waals surface area contributed by atoms with Gasteiger partial charge in [0.1, 0.15) is 0 Å². The van der Waals surface area contributed by atoms with E-state index in [2.05, 4.69) is 40.1 Å². The molecule has 0 atom stereocenters. The number of carbonyl (C=O) groups is 2. The van der Waals surface area contributed by atoms with Crippen LogP contribution in [-0.4, -0.2) is 53.2 Å². The Kier molecular flexibility index (Phi) is 9.34. The first-order valence-electron chi connectivity index (χ1n) is 11.4. The number of benzene rings is 2. The fourth-order valence-corrected chi connectivity index (χ4v) is 4.48. The molecule has 33 heavy (non-hydrogen) atoms. The van der Waals surface area contributed by atoms with E-state index < -0.39 is 11.9 Å². The fourth-order valence-electron chi connectivity index (χ4n) is 4.30. The molecule has 176 valence electrons. The van der Waals surface area contributed by atoms with Crippen molar-refractivity contribution in [3.63, 3.8) is 0 Å². The molecule has 1 aliphatic heterocycles. The summed E-state index contributed by atoms with van der Waals surface area (Å²) in [6.45, 7) is 5.46. The molecule has 0 amide bonds. The Labute approximate surface area is 200 Å². The van der Waals surface area contributed by atoms with Crippen molar-refractivity contribution in [1.29, 1.82) is 0 Å². The summed E-state index contributed by atoms with van der Waals surface area (Å²) >= 11 is 6.13. The topological polar surface area (TPSA) is 81.1 Å². The zero-order chi connectivity index (χ0) is 23.6. The van der Waals surface area contributed by atoms with Gasteiger partial charge in [-0.2, -0.15) is 0 Å². The number of hydrogen-bond acceptors (Lipinski definition) is 4. The Balaban J connectivity index is 0.000000331. The molecule has 7 heteroatoms. The SMILES string of the molecule is Clc1cccc(N2CCN(Cc3ccc4c(c3)CCCCC4)CC2)c1.O=C(O)/C=C/C(=O)O. The molecule has 0 saturated carbocycles. The molecule has 1 saturated heterocycles. The van der Waals surface area contributed by atoms with Crippen LogP contribution in [0.2, 0.25) is 5.02 Å². The van der Waals surface area contributed by atoms with E-state index in [4.69, 9.17) is 21.8 Å². The van der Waals surface area contributed by atoms with Crippen molar-refractivity contribution in [2.75, 3.05) is 31.1 Å². The summed E-state index contributed by atoms with van der Waals surface area (Å²) in [5, 5.41) is 16.4. The van der Waals surface area contributed by atoms with Gasteiger partial charge in [0, 0.05) is 55.6 Å². The third-order valence-electron chi connectivity index (χ3n) is 5.98. The summed E-state index contributed by atoms with van der Waals surface area (Å²) in [6.07, 6.45) is 7.76. The number of carboxylic acid groups (broad SMARTS) is 2. The van der Waals surface area contributed by atoms with E-state index in [1.807, 2.05) is 12.1 Å². The van der Waals surface area contributed by atoms with Crippen molar-refractivity contribution in [1.82, 2.24) is 4.90 Å². The molecule has 0 aromatic heterocycles. The Bertz CT molecular complexity index is 968. The second-order valence-corrected chi connectivity index (χ2v) is 8.85. The van der Waals surface area contributed by atoms with Gasteiger partial charge in [0.2, 0.25) is 0 Å². The second kappa shape index (κ2) is 12.4. The van der Waals surface area contributed by atoms with E-state index in [-0.39, 0.29) is 0 Å². The van der Waals surface area contributed by atoms with Crippen LogP contribution in [0.15, 0.2) is 54.6 Å². The maximum absolute atomic E-state index is 9.55. The van der Waals surface area contributed by atoms with Crippen LogP contribution in [0.5, 0.6) is 0 Å². The van der Waals surface area contributed by atoms with E-state index in [0.29, 0.717) is 12.2 Å². The highest BCUT2D eigenvalue weighted by molar-refractivity contribution is 6.30. The number of rotatable bonds is 5. The van der Waals surface area contributed by atoms with Crippen LogP contribution < -0.4 is 4.90 Å². The number of aryl methyl sites for hydroxylation is 2. The maximum atomic E-state index is 9.55. The molecule has 1 fully saturated rings. The van der Waals surface area contributed by atoms with Gasteiger partial charge < -0.3 is 15.1 Å². The molecule has 2 N–H and O–H groups in total. The number of carboxylic acids is 2. The number of nitrogens with zero attached hydrogens (tertiary/aromatic N) is 2. The largest absolute Gasteiger partial charge is 0.478 e. The molecule has 1 heterocycles. The Morgan fingerprint density at radius 2 is 1.52 bits per heavy atom. The number of piperazine rings is 1. The minimum absolute atomic E-state index is 0.558. The first-order chi connectivity index (χ1) is 15.9. The van der Waals surface area contributed by atoms with Crippen LogP contribution in [0, 0.1) is 0 Å². The number of hydrogen-bond donors (Lipinski definition) is 2. The average molecular weight is 471 g/mol. The third-order valence-corrected chi connectivity index (χ3v) is 6.22. The van der Waals surface area contributed by atoms with Gasteiger partial charge in [-0.05, 0) is 60.6 Å². The second-order valence-electron chi connectivity index (χ2n) is 8.42. The Morgan fingerprint density at radius 3 is 2.15 bits per heavy atom. The molecule has 0 spiro atoms. The monoisotopic (exact) mass is 470 g/mol. The van der Waals surface area contributed by atoms with Gasteiger partial charge >= 0.3 is 11.9 Å². The molecular weight excluding hydrogens is 440 g/mol. The van der Waals surface area contributed by atoms with Gasteiger partial charge in [0.05, 0.1) is 0 Å². The van der Waals surface area contributed by atoms with Crippen molar-refractivity contribution >= 4 is 29.2 Å². The minimum Gasteiger partial charge on any atom is -0.478 e. The molecule has 6 nitrogen and oxygen atoms in total.